The third-order valence-electron chi connectivity index (χ3n) is 6.39. The summed E-state index contributed by atoms with van der Waals surface area (Å²) in [5.41, 5.74) is 1.00. The number of carbonyl (C=O) groups is 2. The van der Waals surface area contributed by atoms with Crippen molar-refractivity contribution in [2.75, 3.05) is 17.9 Å². The fourth-order valence-electron chi connectivity index (χ4n) is 4.13. The van der Waals surface area contributed by atoms with E-state index in [2.05, 4.69) is 5.32 Å². The molecule has 4 rings (SSSR count). The molecular formula is C31H30ClN3O5S. The zero-order chi connectivity index (χ0) is 29.4. The molecule has 10 heteroatoms. The van der Waals surface area contributed by atoms with E-state index in [1.165, 1.54) is 24.1 Å². The minimum atomic E-state index is -4.16. The van der Waals surface area contributed by atoms with E-state index in [0.717, 1.165) is 9.87 Å². The smallest absolute Gasteiger partial charge is 0.264 e. The number of carbonyl (C=O) groups excluding carboxylic acids is 2. The van der Waals surface area contributed by atoms with Crippen LogP contribution in [0.5, 0.6) is 11.5 Å². The van der Waals surface area contributed by atoms with Gasteiger partial charge < -0.3 is 15.0 Å². The normalized spacial score (nSPS) is 11.8. The number of sulfonamides is 1. The van der Waals surface area contributed by atoms with E-state index in [1.54, 1.807) is 73.7 Å². The average molecular weight is 592 g/mol. The number of hydrogen-bond acceptors (Lipinski definition) is 5. The van der Waals surface area contributed by atoms with Crippen molar-refractivity contribution in [1.82, 2.24) is 10.2 Å². The van der Waals surface area contributed by atoms with E-state index < -0.39 is 28.5 Å². The van der Waals surface area contributed by atoms with Crippen molar-refractivity contribution in [3.63, 3.8) is 0 Å². The molecule has 41 heavy (non-hydrogen) atoms. The van der Waals surface area contributed by atoms with E-state index in [9.17, 15) is 18.0 Å². The Kier molecular flexibility index (Phi) is 9.65. The lowest BCUT2D eigenvalue weighted by Crippen LogP contribution is -2.50. The molecule has 0 heterocycles. The molecule has 1 atom stereocenters. The molecule has 0 saturated carbocycles. The molecule has 4 aromatic carbocycles. The summed E-state index contributed by atoms with van der Waals surface area (Å²) >= 11 is 6.02. The Morgan fingerprint density at radius 2 is 1.39 bits per heavy atom. The number of rotatable bonds is 11. The fourth-order valence-corrected chi connectivity index (χ4v) is 5.69. The summed E-state index contributed by atoms with van der Waals surface area (Å²) < 4.78 is 34.6. The molecule has 0 aliphatic heterocycles. The van der Waals surface area contributed by atoms with Crippen molar-refractivity contribution >= 4 is 39.1 Å². The summed E-state index contributed by atoms with van der Waals surface area (Å²) in [4.78, 5) is 27.8. The number of likely N-dealkylation sites (N-methyl/N-ethyl adjacent to an activating group) is 1. The first-order valence-corrected chi connectivity index (χ1v) is 14.7. The highest BCUT2D eigenvalue weighted by molar-refractivity contribution is 7.92. The summed E-state index contributed by atoms with van der Waals surface area (Å²) in [5, 5.41) is 3.10. The molecule has 0 fully saturated rings. The van der Waals surface area contributed by atoms with Crippen LogP contribution in [0.2, 0.25) is 5.02 Å². The van der Waals surface area contributed by atoms with Crippen molar-refractivity contribution < 1.29 is 22.7 Å². The van der Waals surface area contributed by atoms with Gasteiger partial charge in [-0.1, -0.05) is 60.1 Å². The number of nitrogens with one attached hydrogen (secondary N) is 1. The van der Waals surface area contributed by atoms with Gasteiger partial charge in [-0.2, -0.15) is 0 Å². The van der Waals surface area contributed by atoms with Gasteiger partial charge in [0.25, 0.3) is 10.0 Å². The molecule has 4 aromatic rings. The van der Waals surface area contributed by atoms with E-state index >= 15 is 0 Å². The minimum absolute atomic E-state index is 0.0287. The van der Waals surface area contributed by atoms with Gasteiger partial charge in [-0.05, 0) is 73.2 Å². The molecule has 2 amide bonds. The second-order valence-corrected chi connectivity index (χ2v) is 11.5. The quantitative estimate of drug-likeness (QED) is 0.249. The highest BCUT2D eigenvalue weighted by atomic mass is 35.5. The van der Waals surface area contributed by atoms with Crippen molar-refractivity contribution in [3.05, 3.63) is 120 Å². The molecule has 0 unspecified atom stereocenters. The first-order chi connectivity index (χ1) is 19.7. The zero-order valence-corrected chi connectivity index (χ0v) is 24.2. The average Bonchev–Trinajstić information content (AvgIpc) is 3.00. The van der Waals surface area contributed by atoms with Gasteiger partial charge in [-0.15, -0.1) is 0 Å². The Hall–Kier alpha value is -4.34. The van der Waals surface area contributed by atoms with Gasteiger partial charge in [0.1, 0.15) is 24.1 Å². The highest BCUT2D eigenvalue weighted by Gasteiger charge is 2.32. The zero-order valence-electron chi connectivity index (χ0n) is 22.6. The van der Waals surface area contributed by atoms with Gasteiger partial charge >= 0.3 is 0 Å². The Morgan fingerprint density at radius 3 is 1.98 bits per heavy atom. The van der Waals surface area contributed by atoms with Crippen LogP contribution >= 0.6 is 11.6 Å². The molecule has 212 valence electrons. The van der Waals surface area contributed by atoms with Crippen molar-refractivity contribution in [2.45, 2.75) is 24.4 Å². The van der Waals surface area contributed by atoms with E-state index in [-0.39, 0.29) is 23.0 Å². The molecule has 1 N–H and O–H groups in total. The number of nitrogens with zero attached hydrogens (tertiary/aromatic N) is 2. The molecule has 0 spiro atoms. The lowest BCUT2D eigenvalue weighted by atomic mass is 10.1. The molecule has 0 bridgehead atoms. The van der Waals surface area contributed by atoms with Crippen LogP contribution in [0.25, 0.3) is 0 Å². The van der Waals surface area contributed by atoms with Gasteiger partial charge in [0.2, 0.25) is 11.8 Å². The summed E-state index contributed by atoms with van der Waals surface area (Å²) in [6.45, 7) is 1.14. The molecule has 0 aliphatic rings. The highest BCUT2D eigenvalue weighted by Crippen LogP contribution is 2.28. The molecular weight excluding hydrogens is 562 g/mol. The molecule has 0 radical (unpaired) electrons. The SMILES string of the molecule is CNC(=O)[C@@H](C)N(Cc1ccc(Cl)cc1)C(=O)CN(c1ccc(Oc2ccccc2)cc1)S(=O)(=O)c1ccccc1. The molecule has 8 nitrogen and oxygen atoms in total. The van der Waals surface area contributed by atoms with Crippen molar-refractivity contribution in [3.8, 4) is 11.5 Å². The maximum atomic E-state index is 13.9. The third kappa shape index (κ3) is 7.45. The lowest BCUT2D eigenvalue weighted by molar-refractivity contribution is -0.139. The predicted octanol–water partition coefficient (Wildman–Crippen LogP) is 5.49. The first kappa shape index (κ1) is 29.6. The second kappa shape index (κ2) is 13.3. The fraction of sp³-hybridized carbons (Fsp3) is 0.161. The van der Waals surface area contributed by atoms with Crippen LogP contribution in [0.15, 0.2) is 114 Å². The Morgan fingerprint density at radius 1 is 0.829 bits per heavy atom. The van der Waals surface area contributed by atoms with Crippen molar-refractivity contribution in [1.29, 1.82) is 0 Å². The number of benzene rings is 4. The van der Waals surface area contributed by atoms with Gasteiger partial charge in [0.15, 0.2) is 0 Å². The molecule has 0 aliphatic carbocycles. The monoisotopic (exact) mass is 591 g/mol. The van der Waals surface area contributed by atoms with Crippen LogP contribution in [0.4, 0.5) is 5.69 Å². The maximum absolute atomic E-state index is 13.9. The standard InChI is InChI=1S/C31H30ClN3O5S/c1-23(31(37)33-2)34(21-24-13-15-25(32)16-14-24)30(36)22-35(41(38,39)29-11-7-4-8-12-29)26-17-19-28(20-18-26)40-27-9-5-3-6-10-27/h3-20,23H,21-22H2,1-2H3,(H,33,37)/t23-/m1/s1. The number of amides is 2. The minimum Gasteiger partial charge on any atom is -0.457 e. The van der Waals surface area contributed by atoms with Crippen LogP contribution in [0.1, 0.15) is 12.5 Å². The Labute approximate surface area is 245 Å². The number of halogens is 1. The van der Waals surface area contributed by atoms with Gasteiger partial charge in [-0.3, -0.25) is 13.9 Å². The van der Waals surface area contributed by atoms with E-state index in [1.807, 2.05) is 30.3 Å². The summed E-state index contributed by atoms with van der Waals surface area (Å²) in [5.74, 6) is 0.193. The third-order valence-corrected chi connectivity index (χ3v) is 8.43. The van der Waals surface area contributed by atoms with Crippen molar-refractivity contribution in [2.24, 2.45) is 0 Å². The maximum Gasteiger partial charge on any atom is 0.264 e. The molecule has 0 aromatic heterocycles. The van der Waals surface area contributed by atoms with Crippen LogP contribution in [-0.2, 0) is 26.2 Å². The topological polar surface area (TPSA) is 96.0 Å². The van der Waals surface area contributed by atoms with E-state index in [4.69, 9.17) is 16.3 Å². The van der Waals surface area contributed by atoms with Crippen LogP contribution < -0.4 is 14.4 Å². The number of hydrogen-bond donors (Lipinski definition) is 1. The first-order valence-electron chi connectivity index (χ1n) is 12.9. The molecule has 0 saturated heterocycles. The van der Waals surface area contributed by atoms with Crippen LogP contribution in [0, 0.1) is 0 Å². The van der Waals surface area contributed by atoms with E-state index in [0.29, 0.717) is 16.5 Å². The van der Waals surface area contributed by atoms with Crippen LogP contribution in [0.3, 0.4) is 0 Å². The van der Waals surface area contributed by atoms with Gasteiger partial charge in [-0.25, -0.2) is 8.42 Å². The second-order valence-electron chi connectivity index (χ2n) is 9.17. The Balaban J connectivity index is 1.68. The van der Waals surface area contributed by atoms with Crippen LogP contribution in [-0.4, -0.2) is 44.8 Å². The Bertz CT molecular complexity index is 1570. The summed E-state index contributed by atoms with van der Waals surface area (Å²) in [6, 6.07) is 29.5. The predicted molar refractivity (Wildman–Crippen MR) is 159 cm³/mol. The largest absolute Gasteiger partial charge is 0.457 e. The number of para-hydroxylation sites is 1. The summed E-state index contributed by atoms with van der Waals surface area (Å²) in [7, 11) is -2.68. The number of anilines is 1. The van der Waals surface area contributed by atoms with Gasteiger partial charge in [0, 0.05) is 18.6 Å². The number of ether oxygens (including phenoxy) is 1. The van der Waals surface area contributed by atoms with Gasteiger partial charge in [0.05, 0.1) is 10.6 Å². The summed E-state index contributed by atoms with van der Waals surface area (Å²) in [6.07, 6.45) is 0. The lowest BCUT2D eigenvalue weighted by Gasteiger charge is -2.31.